The number of amides is 1. The summed E-state index contributed by atoms with van der Waals surface area (Å²) in [5, 5.41) is 0.873. The summed E-state index contributed by atoms with van der Waals surface area (Å²) < 4.78 is 0.627. The van der Waals surface area contributed by atoms with Gasteiger partial charge in [0.05, 0.1) is 6.04 Å². The minimum atomic E-state index is -0.470. The first-order chi connectivity index (χ1) is 12.2. The molecule has 3 aliphatic heterocycles. The molecule has 2 aromatic carbocycles. The van der Waals surface area contributed by atoms with Crippen molar-refractivity contribution in [2.24, 2.45) is 4.99 Å². The molecule has 0 aromatic heterocycles. The van der Waals surface area contributed by atoms with Gasteiger partial charge in [0.25, 0.3) is 5.91 Å². The van der Waals surface area contributed by atoms with Gasteiger partial charge in [-0.05, 0) is 30.5 Å². The minimum absolute atomic E-state index is 0.0434. The Morgan fingerprint density at radius 3 is 2.88 bits per heavy atom. The van der Waals surface area contributed by atoms with E-state index in [1.165, 1.54) is 11.3 Å². The average molecular weight is 413 g/mol. The molecule has 0 aliphatic carbocycles. The van der Waals surface area contributed by atoms with E-state index < -0.39 is 4.75 Å². The van der Waals surface area contributed by atoms with Crippen molar-refractivity contribution in [2.45, 2.75) is 30.1 Å². The van der Waals surface area contributed by atoms with Crippen LogP contribution in [0, 0.1) is 0 Å². The van der Waals surface area contributed by atoms with Crippen molar-refractivity contribution in [1.29, 1.82) is 0 Å². The topological polar surface area (TPSA) is 32.7 Å². The van der Waals surface area contributed by atoms with E-state index in [9.17, 15) is 4.79 Å². The van der Waals surface area contributed by atoms with Gasteiger partial charge >= 0.3 is 0 Å². The average Bonchev–Trinajstić information content (AvgIpc) is 3.24. The fourth-order valence-electron chi connectivity index (χ4n) is 4.35. The number of aliphatic imine (C=N–C) groups is 1. The molecular formula is C20H17BrN2OS. The normalized spacial score (nSPS) is 27.4. The van der Waals surface area contributed by atoms with Crippen molar-refractivity contribution in [3.05, 3.63) is 64.1 Å². The molecule has 1 saturated heterocycles. The van der Waals surface area contributed by atoms with Gasteiger partial charge in [-0.25, -0.2) is 4.99 Å². The number of carbonyl (C=O) groups excluding carboxylic acids is 1. The number of benzene rings is 2. The number of fused-ring (bicyclic) bond motifs is 4. The second-order valence-corrected chi connectivity index (χ2v) is 9.12. The van der Waals surface area contributed by atoms with Crippen LogP contribution in [-0.4, -0.2) is 28.3 Å². The van der Waals surface area contributed by atoms with Gasteiger partial charge in [-0.2, -0.15) is 0 Å². The number of carbonyl (C=O) groups is 1. The van der Waals surface area contributed by atoms with Crippen molar-refractivity contribution in [1.82, 2.24) is 0 Å². The van der Waals surface area contributed by atoms with Crippen LogP contribution in [0.1, 0.15) is 24.0 Å². The third-order valence-corrected chi connectivity index (χ3v) is 7.43. The zero-order chi connectivity index (χ0) is 17.0. The lowest BCUT2D eigenvalue weighted by atomic mass is 9.84. The first-order valence-corrected chi connectivity index (χ1v) is 10.2. The highest BCUT2D eigenvalue weighted by atomic mass is 79.9. The van der Waals surface area contributed by atoms with Gasteiger partial charge in [0.1, 0.15) is 9.79 Å². The molecule has 126 valence electrons. The molecular weight excluding hydrogens is 396 g/mol. The molecule has 2 aromatic rings. The monoisotopic (exact) mass is 412 g/mol. The van der Waals surface area contributed by atoms with Crippen LogP contribution in [0.2, 0.25) is 0 Å². The minimum Gasteiger partial charge on any atom is -0.366 e. The maximum atomic E-state index is 13.1. The number of hydrogen-bond acceptors (Lipinski definition) is 3. The fourth-order valence-corrected chi connectivity index (χ4v) is 6.17. The van der Waals surface area contributed by atoms with E-state index >= 15 is 0 Å². The molecule has 1 amide bonds. The largest absolute Gasteiger partial charge is 0.366 e. The molecule has 2 unspecified atom stereocenters. The number of nitrogens with zero attached hydrogens (tertiary/aromatic N) is 2. The molecule has 0 saturated carbocycles. The Morgan fingerprint density at radius 1 is 1.20 bits per heavy atom. The highest BCUT2D eigenvalue weighted by Gasteiger charge is 2.57. The zero-order valence-electron chi connectivity index (χ0n) is 13.6. The fraction of sp³-hybridized carbons (Fsp3) is 0.300. The number of hydrogen-bond donors (Lipinski definition) is 0. The summed E-state index contributed by atoms with van der Waals surface area (Å²) in [6.07, 6.45) is 2.95. The lowest BCUT2D eigenvalue weighted by Gasteiger charge is -2.44. The van der Waals surface area contributed by atoms with Crippen LogP contribution in [0.15, 0.2) is 58.0 Å². The third kappa shape index (κ3) is 2.32. The predicted molar refractivity (Wildman–Crippen MR) is 107 cm³/mol. The second-order valence-electron chi connectivity index (χ2n) is 6.88. The molecule has 2 atom stereocenters. The van der Waals surface area contributed by atoms with Crippen LogP contribution in [0.25, 0.3) is 0 Å². The van der Waals surface area contributed by atoms with Gasteiger partial charge < -0.3 is 4.90 Å². The number of rotatable bonds is 1. The highest BCUT2D eigenvalue weighted by molar-refractivity contribution is 9.10. The van der Waals surface area contributed by atoms with Crippen LogP contribution in [0.3, 0.4) is 0 Å². The zero-order valence-corrected chi connectivity index (χ0v) is 16.0. The molecule has 25 heavy (non-hydrogen) atoms. The second kappa shape index (κ2) is 5.71. The quantitative estimate of drug-likeness (QED) is 0.694. The van der Waals surface area contributed by atoms with Gasteiger partial charge in [-0.15, -0.1) is 0 Å². The number of anilines is 1. The van der Waals surface area contributed by atoms with Crippen LogP contribution in [0.5, 0.6) is 0 Å². The molecule has 0 bridgehead atoms. The third-order valence-electron chi connectivity index (χ3n) is 5.47. The van der Waals surface area contributed by atoms with E-state index in [2.05, 4.69) is 44.0 Å². The Labute approximate surface area is 159 Å². The first-order valence-electron chi connectivity index (χ1n) is 8.60. The van der Waals surface area contributed by atoms with Gasteiger partial charge in [-0.1, -0.05) is 64.1 Å². The van der Waals surface area contributed by atoms with Crippen LogP contribution in [0.4, 0.5) is 5.69 Å². The van der Waals surface area contributed by atoms with Crippen LogP contribution < -0.4 is 4.90 Å². The number of halogens is 1. The van der Waals surface area contributed by atoms with E-state index in [1.807, 2.05) is 30.3 Å². The Hall–Kier alpha value is -1.59. The van der Waals surface area contributed by atoms with Gasteiger partial charge in [-0.3, -0.25) is 4.79 Å². The lowest BCUT2D eigenvalue weighted by Crippen LogP contribution is -2.55. The van der Waals surface area contributed by atoms with Crippen LogP contribution in [-0.2, 0) is 11.2 Å². The maximum Gasteiger partial charge on any atom is 0.265 e. The smallest absolute Gasteiger partial charge is 0.265 e. The van der Waals surface area contributed by atoms with E-state index in [-0.39, 0.29) is 11.9 Å². The van der Waals surface area contributed by atoms with E-state index in [0.29, 0.717) is 0 Å². The Balaban J connectivity index is 1.58. The van der Waals surface area contributed by atoms with E-state index in [0.717, 1.165) is 40.9 Å². The maximum absolute atomic E-state index is 13.1. The van der Waals surface area contributed by atoms with Crippen molar-refractivity contribution < 1.29 is 4.79 Å². The molecule has 1 fully saturated rings. The van der Waals surface area contributed by atoms with Crippen molar-refractivity contribution >= 4 is 44.3 Å². The van der Waals surface area contributed by atoms with E-state index in [1.54, 1.807) is 11.8 Å². The molecule has 1 spiro atoms. The summed E-state index contributed by atoms with van der Waals surface area (Å²) in [5.74, 6) is 0.0434. The standard InChI is InChI=1S/C20H17BrN2OS/c21-15-9-8-14-12-20(17-7-4-10-23(17)16(14)11-15)19(24)22-18(25-20)13-5-2-1-3-6-13/h1-3,5-6,8-9,11,17H,4,7,10,12H2. The molecule has 5 heteroatoms. The molecule has 0 radical (unpaired) electrons. The van der Waals surface area contributed by atoms with Gasteiger partial charge in [0.2, 0.25) is 0 Å². The Kier molecular flexibility index (Phi) is 3.57. The SMILES string of the molecule is O=C1N=C(c2ccccc2)SC12Cc1ccc(Br)cc1N1CCCC12. The van der Waals surface area contributed by atoms with Gasteiger partial charge in [0.15, 0.2) is 0 Å². The summed E-state index contributed by atoms with van der Waals surface area (Å²) in [4.78, 5) is 20.0. The van der Waals surface area contributed by atoms with Crippen molar-refractivity contribution in [2.75, 3.05) is 11.4 Å². The summed E-state index contributed by atoms with van der Waals surface area (Å²) in [6, 6.07) is 16.7. The summed E-state index contributed by atoms with van der Waals surface area (Å²) in [6.45, 7) is 1.02. The summed E-state index contributed by atoms with van der Waals surface area (Å²) >= 11 is 5.28. The molecule has 3 heterocycles. The van der Waals surface area contributed by atoms with E-state index in [4.69, 9.17) is 0 Å². The van der Waals surface area contributed by atoms with Crippen molar-refractivity contribution in [3.8, 4) is 0 Å². The molecule has 5 rings (SSSR count). The van der Waals surface area contributed by atoms with Crippen LogP contribution >= 0.6 is 27.7 Å². The summed E-state index contributed by atoms with van der Waals surface area (Å²) in [7, 11) is 0. The Bertz CT molecular complexity index is 898. The first kappa shape index (κ1) is 15.6. The number of thioether (sulfide) groups is 1. The van der Waals surface area contributed by atoms with Gasteiger partial charge in [0, 0.05) is 28.7 Å². The lowest BCUT2D eigenvalue weighted by molar-refractivity contribution is -0.120. The predicted octanol–water partition coefficient (Wildman–Crippen LogP) is 4.43. The molecule has 3 aliphatic rings. The molecule has 0 N–H and O–H groups in total. The highest BCUT2D eigenvalue weighted by Crippen LogP contribution is 2.52. The Morgan fingerprint density at radius 2 is 2.04 bits per heavy atom. The summed E-state index contributed by atoms with van der Waals surface area (Å²) in [5.41, 5.74) is 3.58. The molecule has 3 nitrogen and oxygen atoms in total. The van der Waals surface area contributed by atoms with Crippen molar-refractivity contribution in [3.63, 3.8) is 0 Å².